The number of hydrazone groups is 1. The minimum atomic E-state index is -4.16. The smallest absolute Gasteiger partial charge is 0.360 e. The zero-order chi connectivity index (χ0) is 29.8. The first kappa shape index (κ1) is 28.5. The Morgan fingerprint density at radius 2 is 1.67 bits per heavy atom. The average molecular weight is 602 g/mol. The van der Waals surface area contributed by atoms with Gasteiger partial charge in [-0.1, -0.05) is 36.4 Å². The summed E-state index contributed by atoms with van der Waals surface area (Å²) >= 11 is 0. The first-order valence-corrected chi connectivity index (χ1v) is 15.3. The Kier molecular flexibility index (Phi) is 8.18. The van der Waals surface area contributed by atoms with Crippen LogP contribution in [0.3, 0.4) is 0 Å². The van der Waals surface area contributed by atoms with Gasteiger partial charge in [0.1, 0.15) is 36.4 Å². The number of aliphatic imine (C=N–C) groups is 2. The number of nitrogens with two attached hydrogens (primary N) is 1. The van der Waals surface area contributed by atoms with Gasteiger partial charge in [0, 0.05) is 13.1 Å². The zero-order valence-corrected chi connectivity index (χ0v) is 24.0. The van der Waals surface area contributed by atoms with Crippen LogP contribution in [0.5, 0.6) is 11.5 Å². The Morgan fingerprint density at radius 3 is 2.42 bits per heavy atom. The lowest BCUT2D eigenvalue weighted by Gasteiger charge is -2.37. The molecule has 13 heteroatoms. The number of benzene rings is 3. The van der Waals surface area contributed by atoms with E-state index in [2.05, 4.69) is 14.7 Å². The van der Waals surface area contributed by atoms with E-state index >= 15 is 0 Å². The topological polar surface area (TPSA) is 151 Å². The number of ether oxygens (including phenoxy) is 1. The lowest BCUT2D eigenvalue weighted by atomic mass is 9.93. The number of para-hydroxylation sites is 2. The van der Waals surface area contributed by atoms with E-state index in [0.717, 1.165) is 23.4 Å². The molecule has 1 fully saturated rings. The van der Waals surface area contributed by atoms with Crippen LogP contribution in [0, 0.1) is 5.92 Å². The van der Waals surface area contributed by atoms with Crippen molar-refractivity contribution in [1.82, 2.24) is 9.91 Å². The second kappa shape index (κ2) is 12.3. The van der Waals surface area contributed by atoms with E-state index < -0.39 is 29.0 Å². The largest absolute Gasteiger partial charge is 0.457 e. The number of nitrogens with zero attached hydrogens (tertiary/aromatic N) is 5. The molecule has 1 saturated heterocycles. The molecular weight excluding hydrogens is 570 g/mol. The molecule has 0 radical (unpaired) electrons. The molecule has 0 aromatic heterocycles. The highest BCUT2D eigenvalue weighted by Gasteiger charge is 2.43. The van der Waals surface area contributed by atoms with Crippen LogP contribution < -0.4 is 15.2 Å². The van der Waals surface area contributed by atoms with Gasteiger partial charge in [-0.3, -0.25) is 14.5 Å². The molecule has 0 bridgehead atoms. The van der Waals surface area contributed by atoms with Gasteiger partial charge in [0.15, 0.2) is 0 Å². The summed E-state index contributed by atoms with van der Waals surface area (Å²) in [5, 5.41) is 6.80. The van der Waals surface area contributed by atoms with Gasteiger partial charge in [-0.25, -0.2) is 14.2 Å². The summed E-state index contributed by atoms with van der Waals surface area (Å²) in [6.07, 6.45) is 2.35. The molecular formula is C30H31N7O5S. The van der Waals surface area contributed by atoms with Crippen LogP contribution in [0.15, 0.2) is 100 Å². The summed E-state index contributed by atoms with van der Waals surface area (Å²) < 4.78 is 37.9. The molecule has 3 aliphatic rings. The normalized spacial score (nSPS) is 21.6. The molecule has 3 heterocycles. The predicted molar refractivity (Wildman–Crippen MR) is 163 cm³/mol. The number of carbonyl (C=O) groups excluding carboxylic acids is 1. The van der Waals surface area contributed by atoms with Crippen molar-refractivity contribution < 1.29 is 22.1 Å². The lowest BCUT2D eigenvalue weighted by molar-refractivity contribution is -0.135. The fourth-order valence-corrected chi connectivity index (χ4v) is 6.05. The maximum absolute atomic E-state index is 13.0. The van der Waals surface area contributed by atoms with Crippen molar-refractivity contribution in [2.24, 2.45) is 26.7 Å². The number of likely N-dealkylation sites (tertiary alicyclic amines) is 1. The van der Waals surface area contributed by atoms with Crippen molar-refractivity contribution in [2.45, 2.75) is 25.0 Å². The molecule has 6 rings (SSSR count). The summed E-state index contributed by atoms with van der Waals surface area (Å²) in [4.78, 5) is 23.5. The number of carbonyl (C=O) groups is 1. The monoisotopic (exact) mass is 601 g/mol. The van der Waals surface area contributed by atoms with Gasteiger partial charge in [-0.05, 0) is 66.9 Å². The second-order valence-electron chi connectivity index (χ2n) is 10.3. The van der Waals surface area contributed by atoms with E-state index in [1.54, 1.807) is 35.2 Å². The van der Waals surface area contributed by atoms with Gasteiger partial charge in [0.05, 0.1) is 23.4 Å². The molecule has 3 atom stereocenters. The van der Waals surface area contributed by atoms with Crippen molar-refractivity contribution in [1.29, 1.82) is 0 Å². The number of rotatable bonds is 9. The summed E-state index contributed by atoms with van der Waals surface area (Å²) in [6, 6.07) is 25.3. The molecule has 2 unspecified atom stereocenters. The number of hydrogen-bond acceptors (Lipinski definition) is 10. The fraction of sp³-hybridized carbons (Fsp3) is 0.267. The van der Waals surface area contributed by atoms with E-state index in [0.29, 0.717) is 36.8 Å². The maximum Gasteiger partial charge on any atom is 0.360 e. The van der Waals surface area contributed by atoms with Crippen LogP contribution in [0.2, 0.25) is 0 Å². The zero-order valence-electron chi connectivity index (χ0n) is 23.2. The third-order valence-corrected chi connectivity index (χ3v) is 8.29. The second-order valence-corrected chi connectivity index (χ2v) is 11.7. The average Bonchev–Trinajstić information content (AvgIpc) is 3.42. The Balaban J connectivity index is 1.14. The number of amides is 1. The van der Waals surface area contributed by atoms with E-state index in [4.69, 9.17) is 19.8 Å². The molecule has 222 valence electrons. The standard InChI is InChI=1S/C30H31N7O5S/c31-29-27-28(21-13-15-25(16-14-21)42-24-11-5-2-6-12-24)34-37(30(27)33-20-32-29)23-10-7-17-36(18-23)26(38)19-41-43(39,40)35-22-8-3-1-4-9-22/h1-6,8-9,11-16,20,23,27,29,35H,7,10,17-19,31H2/t23-,27?,29?/m1/s1. The van der Waals surface area contributed by atoms with Gasteiger partial charge in [-0.15, -0.1) is 0 Å². The molecule has 12 nitrogen and oxygen atoms in total. The number of anilines is 1. The molecule has 3 aliphatic heterocycles. The Morgan fingerprint density at radius 1 is 0.977 bits per heavy atom. The molecule has 1 amide bonds. The molecule has 43 heavy (non-hydrogen) atoms. The summed E-state index contributed by atoms with van der Waals surface area (Å²) in [5.74, 6) is 1.32. The van der Waals surface area contributed by atoms with Crippen molar-refractivity contribution in [3.8, 4) is 11.5 Å². The molecule has 0 saturated carbocycles. The molecule has 3 aromatic carbocycles. The van der Waals surface area contributed by atoms with E-state index in [1.165, 1.54) is 6.34 Å². The van der Waals surface area contributed by atoms with Gasteiger partial charge < -0.3 is 15.4 Å². The van der Waals surface area contributed by atoms with Crippen molar-refractivity contribution >= 4 is 39.8 Å². The van der Waals surface area contributed by atoms with Crippen LogP contribution in [0.1, 0.15) is 18.4 Å². The molecule has 3 N–H and O–H groups in total. The highest BCUT2D eigenvalue weighted by atomic mass is 32.2. The fourth-order valence-electron chi connectivity index (χ4n) is 5.31. The van der Waals surface area contributed by atoms with Crippen LogP contribution in [-0.2, 0) is 19.3 Å². The lowest BCUT2D eigenvalue weighted by Crippen LogP contribution is -2.52. The van der Waals surface area contributed by atoms with E-state index in [1.807, 2.05) is 59.6 Å². The van der Waals surface area contributed by atoms with Gasteiger partial charge in [0.2, 0.25) is 5.91 Å². The number of fused-ring (bicyclic) bond motifs is 1. The van der Waals surface area contributed by atoms with Crippen LogP contribution in [0.25, 0.3) is 0 Å². The molecule has 3 aromatic rings. The number of amidine groups is 1. The summed E-state index contributed by atoms with van der Waals surface area (Å²) in [6.45, 7) is 0.198. The van der Waals surface area contributed by atoms with Crippen LogP contribution >= 0.6 is 0 Å². The Bertz CT molecular complexity index is 1650. The Labute approximate surface area is 249 Å². The first-order valence-electron chi connectivity index (χ1n) is 13.9. The van der Waals surface area contributed by atoms with Crippen LogP contribution in [0.4, 0.5) is 5.69 Å². The minimum Gasteiger partial charge on any atom is -0.457 e. The number of piperidine rings is 1. The summed E-state index contributed by atoms with van der Waals surface area (Å²) in [5.41, 5.74) is 8.37. The molecule has 0 aliphatic carbocycles. The van der Waals surface area contributed by atoms with E-state index in [-0.39, 0.29) is 12.0 Å². The highest BCUT2D eigenvalue weighted by Crippen LogP contribution is 2.32. The van der Waals surface area contributed by atoms with Crippen molar-refractivity contribution in [3.63, 3.8) is 0 Å². The van der Waals surface area contributed by atoms with Crippen LogP contribution in [-0.4, -0.2) is 74.0 Å². The predicted octanol–water partition coefficient (Wildman–Crippen LogP) is 3.20. The third-order valence-electron chi connectivity index (χ3n) is 7.37. The SMILES string of the molecule is NC1N=CN=C2C1C(c1ccc(Oc3ccccc3)cc1)=NN2[C@@H]1CCCN(C(=O)COS(=O)(=O)Nc2ccccc2)C1. The maximum atomic E-state index is 13.0. The third kappa shape index (κ3) is 6.58. The van der Waals surface area contributed by atoms with Gasteiger partial charge in [-0.2, -0.15) is 13.5 Å². The Hall–Kier alpha value is -4.59. The van der Waals surface area contributed by atoms with Crippen molar-refractivity contribution in [2.75, 3.05) is 24.4 Å². The van der Waals surface area contributed by atoms with Crippen molar-refractivity contribution in [3.05, 3.63) is 90.5 Å². The first-order chi connectivity index (χ1) is 20.9. The number of nitrogens with one attached hydrogen (secondary N) is 1. The van der Waals surface area contributed by atoms with Gasteiger partial charge in [0.25, 0.3) is 0 Å². The van der Waals surface area contributed by atoms with E-state index in [9.17, 15) is 13.2 Å². The number of hydrogen-bond donors (Lipinski definition) is 2. The quantitative estimate of drug-likeness (QED) is 0.382. The molecule has 0 spiro atoms. The minimum absolute atomic E-state index is 0.185. The summed E-state index contributed by atoms with van der Waals surface area (Å²) in [7, 11) is -4.16. The highest BCUT2D eigenvalue weighted by molar-refractivity contribution is 7.88. The van der Waals surface area contributed by atoms with Gasteiger partial charge >= 0.3 is 10.3 Å².